The van der Waals surface area contributed by atoms with E-state index in [1.807, 2.05) is 6.20 Å². The summed E-state index contributed by atoms with van der Waals surface area (Å²) in [6.07, 6.45) is 5.15. The van der Waals surface area contributed by atoms with E-state index in [0.29, 0.717) is 36.0 Å². The number of hydrogen-bond donors (Lipinski definition) is 4. The first kappa shape index (κ1) is 31.7. The number of hydrogen-bond acceptors (Lipinski definition) is 12. The molecular formula is C32H34N10O4S2. The third-order valence-electron chi connectivity index (χ3n) is 8.35. The molecule has 48 heavy (non-hydrogen) atoms. The van der Waals surface area contributed by atoms with Crippen molar-refractivity contribution in [2.45, 2.75) is 45.5 Å². The Morgan fingerprint density at radius 2 is 1.27 bits per heavy atom. The molecule has 0 aliphatic carbocycles. The molecule has 0 saturated carbocycles. The van der Waals surface area contributed by atoms with Crippen molar-refractivity contribution >= 4 is 42.6 Å². The van der Waals surface area contributed by atoms with Gasteiger partial charge in [0.1, 0.15) is 0 Å². The zero-order chi connectivity index (χ0) is 33.5. The van der Waals surface area contributed by atoms with Gasteiger partial charge in [0.2, 0.25) is 19.7 Å². The summed E-state index contributed by atoms with van der Waals surface area (Å²) in [5.41, 5.74) is 4.75. The van der Waals surface area contributed by atoms with Crippen molar-refractivity contribution in [1.29, 1.82) is 0 Å². The molecule has 0 saturated heterocycles. The van der Waals surface area contributed by atoms with Crippen LogP contribution in [-0.4, -0.2) is 73.2 Å². The van der Waals surface area contributed by atoms with E-state index in [1.54, 1.807) is 90.0 Å². The molecule has 6 aromatic rings. The Hall–Kier alpha value is -4.90. The van der Waals surface area contributed by atoms with Gasteiger partial charge in [0, 0.05) is 76.6 Å². The minimum absolute atomic E-state index is 0.123. The van der Waals surface area contributed by atoms with E-state index in [1.165, 1.54) is 0 Å². The van der Waals surface area contributed by atoms with Gasteiger partial charge in [0.05, 0.1) is 21.2 Å². The second kappa shape index (κ2) is 12.6. The first-order chi connectivity index (χ1) is 23.2. The van der Waals surface area contributed by atoms with E-state index >= 15 is 0 Å². The lowest BCUT2D eigenvalue weighted by molar-refractivity contribution is 0.595. The topological polar surface area (TPSA) is 177 Å². The number of nitrogens with one attached hydrogen (secondary N) is 4. The normalized spacial score (nSPS) is 14.5. The van der Waals surface area contributed by atoms with Crippen molar-refractivity contribution in [1.82, 2.24) is 39.8 Å². The van der Waals surface area contributed by atoms with Crippen LogP contribution in [0, 0.1) is 0 Å². The molecule has 0 bridgehead atoms. The number of aromatic nitrogens is 6. The largest absolute Gasteiger partial charge is 0.370 e. The molecule has 6 heterocycles. The van der Waals surface area contributed by atoms with Crippen LogP contribution >= 0.6 is 0 Å². The smallest absolute Gasteiger partial charge is 0.214 e. The Morgan fingerprint density at radius 1 is 0.708 bits per heavy atom. The van der Waals surface area contributed by atoms with Crippen molar-refractivity contribution in [2.24, 2.45) is 0 Å². The minimum Gasteiger partial charge on any atom is -0.370 e. The molecule has 0 atom stereocenters. The zero-order valence-corrected chi connectivity index (χ0v) is 27.9. The average Bonchev–Trinajstić information content (AvgIpc) is 3.71. The molecule has 4 aromatic heterocycles. The maximum absolute atomic E-state index is 13.1. The fourth-order valence-electron chi connectivity index (χ4n) is 5.97. The predicted molar refractivity (Wildman–Crippen MR) is 180 cm³/mol. The quantitative estimate of drug-likeness (QED) is 0.202. The van der Waals surface area contributed by atoms with Crippen molar-refractivity contribution in [3.05, 3.63) is 95.6 Å². The van der Waals surface area contributed by atoms with E-state index in [2.05, 4.69) is 41.4 Å². The van der Waals surface area contributed by atoms with E-state index in [-0.39, 0.29) is 19.6 Å². The van der Waals surface area contributed by atoms with Crippen LogP contribution in [0.3, 0.4) is 0 Å². The number of anilines is 2. The van der Waals surface area contributed by atoms with Gasteiger partial charge in [-0.2, -0.15) is 0 Å². The molecule has 0 fully saturated rings. The Kier molecular flexibility index (Phi) is 8.32. The molecule has 8 rings (SSSR count). The molecule has 0 unspecified atom stereocenters. The maximum Gasteiger partial charge on any atom is 0.214 e. The molecule has 0 spiro atoms. The summed E-state index contributed by atoms with van der Waals surface area (Å²) >= 11 is 0. The van der Waals surface area contributed by atoms with Crippen LogP contribution in [0.15, 0.2) is 92.6 Å². The Balaban J connectivity index is 0.000000152. The van der Waals surface area contributed by atoms with Crippen molar-refractivity contribution in [3.63, 3.8) is 0 Å². The van der Waals surface area contributed by atoms with Gasteiger partial charge in [-0.3, -0.25) is 0 Å². The number of benzene rings is 2. The van der Waals surface area contributed by atoms with E-state index in [0.717, 1.165) is 48.4 Å². The second-order valence-electron chi connectivity index (χ2n) is 11.3. The predicted octanol–water partition coefficient (Wildman–Crippen LogP) is 2.50. The number of fused-ring (bicyclic) bond motifs is 5. The van der Waals surface area contributed by atoms with Gasteiger partial charge in [0.25, 0.3) is 0 Å². The highest BCUT2D eigenvalue weighted by atomic mass is 32.2. The lowest BCUT2D eigenvalue weighted by Gasteiger charge is -2.17. The second-order valence-corrected chi connectivity index (χ2v) is 15.1. The van der Waals surface area contributed by atoms with Crippen molar-refractivity contribution in [2.75, 3.05) is 37.8 Å². The Morgan fingerprint density at radius 3 is 1.90 bits per heavy atom. The third kappa shape index (κ3) is 5.45. The van der Waals surface area contributed by atoms with E-state index < -0.39 is 19.7 Å². The lowest BCUT2D eigenvalue weighted by Crippen LogP contribution is -2.26. The van der Waals surface area contributed by atoms with E-state index in [9.17, 15) is 16.8 Å². The third-order valence-corrected chi connectivity index (χ3v) is 12.0. The molecule has 14 nitrogen and oxygen atoms in total. The van der Waals surface area contributed by atoms with Gasteiger partial charge in [0.15, 0.2) is 32.7 Å². The van der Waals surface area contributed by atoms with Crippen LogP contribution < -0.4 is 21.3 Å². The highest BCUT2D eigenvalue weighted by Crippen LogP contribution is 2.33. The monoisotopic (exact) mass is 686 g/mol. The summed E-state index contributed by atoms with van der Waals surface area (Å²) in [6.45, 7) is 3.10. The Bertz CT molecular complexity index is 2290. The summed E-state index contributed by atoms with van der Waals surface area (Å²) in [5.74, 6) is 0.625. The van der Waals surface area contributed by atoms with Crippen molar-refractivity contribution in [3.8, 4) is 0 Å². The maximum atomic E-state index is 13.1. The molecule has 0 amide bonds. The van der Waals surface area contributed by atoms with Gasteiger partial charge in [-0.1, -0.05) is 36.4 Å². The highest BCUT2D eigenvalue weighted by Gasteiger charge is 2.31. The van der Waals surface area contributed by atoms with Crippen LogP contribution in [-0.2, 0) is 45.6 Å². The SMILES string of the molecule is CNc1nn2c3c(cnc2c1S(=O)(=O)c1ccccc1)CNCC3.CNc1nn2cc3c(nc2c1S(=O)(=O)c1ccccc1)CCNC3. The van der Waals surface area contributed by atoms with Crippen LogP contribution in [0.25, 0.3) is 11.3 Å². The molecular weight excluding hydrogens is 653 g/mol. The van der Waals surface area contributed by atoms with Gasteiger partial charge >= 0.3 is 0 Å². The Labute approximate surface area is 277 Å². The zero-order valence-electron chi connectivity index (χ0n) is 26.3. The molecule has 248 valence electrons. The number of nitrogens with zero attached hydrogens (tertiary/aromatic N) is 6. The first-order valence-electron chi connectivity index (χ1n) is 15.4. The summed E-state index contributed by atoms with van der Waals surface area (Å²) in [5, 5.41) is 21.2. The van der Waals surface area contributed by atoms with Crippen LogP contribution in [0.1, 0.15) is 22.5 Å². The summed E-state index contributed by atoms with van der Waals surface area (Å²) in [7, 11) is -4.10. The molecule has 4 N–H and O–H groups in total. The van der Waals surface area contributed by atoms with E-state index in [4.69, 9.17) is 0 Å². The first-order valence-corrected chi connectivity index (χ1v) is 18.4. The summed E-state index contributed by atoms with van der Waals surface area (Å²) in [6, 6.07) is 16.7. The van der Waals surface area contributed by atoms with Crippen molar-refractivity contribution < 1.29 is 16.8 Å². The molecule has 0 radical (unpaired) electrons. The number of rotatable bonds is 6. The van der Waals surface area contributed by atoms with Gasteiger partial charge in [-0.25, -0.2) is 35.8 Å². The van der Waals surface area contributed by atoms with Crippen LogP contribution in [0.5, 0.6) is 0 Å². The van der Waals surface area contributed by atoms with Gasteiger partial charge in [-0.15, -0.1) is 10.2 Å². The number of sulfone groups is 2. The molecule has 16 heteroatoms. The average molecular weight is 687 g/mol. The summed E-state index contributed by atoms with van der Waals surface area (Å²) in [4.78, 5) is 9.73. The molecule has 2 aromatic carbocycles. The minimum atomic E-state index is -3.72. The van der Waals surface area contributed by atoms with Gasteiger partial charge in [-0.05, 0) is 24.3 Å². The summed E-state index contributed by atoms with van der Waals surface area (Å²) < 4.78 is 55.7. The van der Waals surface area contributed by atoms with Crippen LogP contribution in [0.2, 0.25) is 0 Å². The van der Waals surface area contributed by atoms with Crippen LogP contribution in [0.4, 0.5) is 11.6 Å². The molecule has 2 aliphatic heterocycles. The lowest BCUT2D eigenvalue weighted by atomic mass is 10.1. The fourth-order valence-corrected chi connectivity index (χ4v) is 9.02. The standard InChI is InChI=1S/2C16H17N5O2S/c1-17-15-14(24(22,23)12-5-3-2-4-6-12)16-19-13-7-8-18-9-11(13)10-21(16)20-15;1-17-15-14(24(22,23)12-5-3-2-4-6-12)16-19-10-11-9-18-8-7-13(11)21(16)20-15/h2*2-6,10,18H,7-9H2,1H3,(H,17,20). The highest BCUT2D eigenvalue weighted by molar-refractivity contribution is 7.92. The van der Waals surface area contributed by atoms with Gasteiger partial charge < -0.3 is 21.3 Å². The fraction of sp³-hybridized carbons (Fsp3) is 0.250. The molecule has 2 aliphatic rings.